The summed E-state index contributed by atoms with van der Waals surface area (Å²) >= 11 is 0. The smallest absolute Gasteiger partial charge is 0.251 e. The SMILES string of the molecule is CCn1nc(C)c(CNC(=O)c2ccc(OC(C)C)cc2)c1C. The summed E-state index contributed by atoms with van der Waals surface area (Å²) in [5, 5.41) is 7.43. The third-order valence-electron chi connectivity index (χ3n) is 3.74. The molecule has 124 valence electrons. The molecule has 2 rings (SSSR count). The van der Waals surface area contributed by atoms with Crippen molar-refractivity contribution in [1.29, 1.82) is 0 Å². The van der Waals surface area contributed by atoms with Crippen molar-refractivity contribution in [2.75, 3.05) is 0 Å². The van der Waals surface area contributed by atoms with E-state index in [0.29, 0.717) is 12.1 Å². The average molecular weight is 315 g/mol. The lowest BCUT2D eigenvalue weighted by Gasteiger charge is -2.10. The number of aryl methyl sites for hydroxylation is 2. The Morgan fingerprint density at radius 2 is 1.91 bits per heavy atom. The summed E-state index contributed by atoms with van der Waals surface area (Å²) in [4.78, 5) is 12.3. The minimum absolute atomic E-state index is 0.0934. The van der Waals surface area contributed by atoms with Crippen LogP contribution in [0.15, 0.2) is 24.3 Å². The zero-order valence-corrected chi connectivity index (χ0v) is 14.5. The van der Waals surface area contributed by atoms with Crippen molar-refractivity contribution in [3.05, 3.63) is 46.8 Å². The number of carbonyl (C=O) groups is 1. The summed E-state index contributed by atoms with van der Waals surface area (Å²) in [6.45, 7) is 11.3. The largest absolute Gasteiger partial charge is 0.491 e. The highest BCUT2D eigenvalue weighted by Crippen LogP contribution is 2.15. The molecule has 1 N–H and O–H groups in total. The maximum atomic E-state index is 12.3. The Bertz CT molecular complexity index is 672. The fourth-order valence-electron chi connectivity index (χ4n) is 2.53. The summed E-state index contributed by atoms with van der Waals surface area (Å²) in [6, 6.07) is 7.20. The molecule has 5 heteroatoms. The molecule has 1 heterocycles. The predicted molar refractivity (Wildman–Crippen MR) is 90.8 cm³/mol. The number of nitrogens with zero attached hydrogens (tertiary/aromatic N) is 2. The summed E-state index contributed by atoms with van der Waals surface area (Å²) in [6.07, 6.45) is 0.121. The second-order valence-corrected chi connectivity index (χ2v) is 5.84. The number of aromatic nitrogens is 2. The van der Waals surface area contributed by atoms with Crippen LogP contribution in [0.1, 0.15) is 48.1 Å². The first-order valence-electron chi connectivity index (χ1n) is 8.00. The van der Waals surface area contributed by atoms with Crippen molar-refractivity contribution in [1.82, 2.24) is 15.1 Å². The van der Waals surface area contributed by atoms with Gasteiger partial charge in [-0.2, -0.15) is 5.10 Å². The lowest BCUT2D eigenvalue weighted by Crippen LogP contribution is -2.23. The Morgan fingerprint density at radius 1 is 1.26 bits per heavy atom. The monoisotopic (exact) mass is 315 g/mol. The van der Waals surface area contributed by atoms with Crippen LogP contribution in [0, 0.1) is 13.8 Å². The van der Waals surface area contributed by atoms with E-state index in [2.05, 4.69) is 17.3 Å². The molecule has 0 radical (unpaired) electrons. The molecule has 5 nitrogen and oxygen atoms in total. The molecule has 0 aliphatic rings. The van der Waals surface area contributed by atoms with Crippen LogP contribution >= 0.6 is 0 Å². The van der Waals surface area contributed by atoms with Gasteiger partial charge in [-0.25, -0.2) is 0 Å². The quantitative estimate of drug-likeness (QED) is 0.890. The van der Waals surface area contributed by atoms with E-state index >= 15 is 0 Å². The first kappa shape index (κ1) is 17.1. The van der Waals surface area contributed by atoms with E-state index in [1.807, 2.05) is 44.5 Å². The van der Waals surface area contributed by atoms with Crippen LogP contribution in [0.3, 0.4) is 0 Å². The van der Waals surface area contributed by atoms with E-state index in [1.165, 1.54) is 0 Å². The summed E-state index contributed by atoms with van der Waals surface area (Å²) < 4.78 is 7.54. The van der Waals surface area contributed by atoms with Gasteiger partial charge < -0.3 is 10.1 Å². The zero-order valence-electron chi connectivity index (χ0n) is 14.5. The molecule has 0 atom stereocenters. The van der Waals surface area contributed by atoms with Crippen LogP contribution in [0.2, 0.25) is 0 Å². The van der Waals surface area contributed by atoms with Gasteiger partial charge in [0.05, 0.1) is 11.8 Å². The molecule has 0 bridgehead atoms. The molecular weight excluding hydrogens is 290 g/mol. The molecular formula is C18H25N3O2. The van der Waals surface area contributed by atoms with Crippen LogP contribution in [0.4, 0.5) is 0 Å². The van der Waals surface area contributed by atoms with Crippen molar-refractivity contribution in [2.45, 2.75) is 53.8 Å². The van der Waals surface area contributed by atoms with Crippen molar-refractivity contribution >= 4 is 5.91 Å². The lowest BCUT2D eigenvalue weighted by atomic mass is 10.1. The maximum Gasteiger partial charge on any atom is 0.251 e. The van der Waals surface area contributed by atoms with Gasteiger partial charge in [-0.15, -0.1) is 0 Å². The molecule has 0 saturated carbocycles. The molecule has 1 amide bonds. The highest BCUT2D eigenvalue weighted by Gasteiger charge is 2.12. The molecule has 23 heavy (non-hydrogen) atoms. The minimum Gasteiger partial charge on any atom is -0.491 e. The third-order valence-corrected chi connectivity index (χ3v) is 3.74. The Balaban J connectivity index is 2.01. The predicted octanol–water partition coefficient (Wildman–Crippen LogP) is 3.24. The highest BCUT2D eigenvalue weighted by molar-refractivity contribution is 5.94. The number of benzene rings is 1. The molecule has 2 aromatic rings. The molecule has 0 aliphatic carbocycles. The van der Waals surface area contributed by atoms with Crippen LogP contribution in [0.5, 0.6) is 5.75 Å². The van der Waals surface area contributed by atoms with E-state index in [-0.39, 0.29) is 12.0 Å². The normalized spacial score (nSPS) is 10.9. The number of hydrogen-bond donors (Lipinski definition) is 1. The van der Waals surface area contributed by atoms with Gasteiger partial charge in [-0.1, -0.05) is 0 Å². The Morgan fingerprint density at radius 3 is 2.43 bits per heavy atom. The number of nitrogens with one attached hydrogen (secondary N) is 1. The van der Waals surface area contributed by atoms with Crippen LogP contribution in [-0.2, 0) is 13.1 Å². The van der Waals surface area contributed by atoms with E-state index in [0.717, 1.165) is 29.2 Å². The lowest BCUT2D eigenvalue weighted by molar-refractivity contribution is 0.0951. The zero-order chi connectivity index (χ0) is 17.0. The number of ether oxygens (including phenoxy) is 1. The van der Waals surface area contributed by atoms with Gasteiger partial charge in [0, 0.05) is 29.9 Å². The Labute approximate surface area is 137 Å². The molecule has 1 aromatic heterocycles. The van der Waals surface area contributed by atoms with Crippen molar-refractivity contribution < 1.29 is 9.53 Å². The third kappa shape index (κ3) is 4.12. The molecule has 0 aliphatic heterocycles. The van der Waals surface area contributed by atoms with E-state index in [1.54, 1.807) is 12.1 Å². The van der Waals surface area contributed by atoms with Crippen LogP contribution < -0.4 is 10.1 Å². The standard InChI is InChI=1S/C18H25N3O2/c1-6-21-14(5)17(13(4)20-21)11-19-18(22)15-7-9-16(10-8-15)23-12(2)3/h7-10,12H,6,11H2,1-5H3,(H,19,22). The molecule has 0 unspecified atom stereocenters. The fourth-order valence-corrected chi connectivity index (χ4v) is 2.53. The number of hydrogen-bond acceptors (Lipinski definition) is 3. The van der Waals surface area contributed by atoms with Crippen molar-refractivity contribution in [3.63, 3.8) is 0 Å². The van der Waals surface area contributed by atoms with Gasteiger partial charge >= 0.3 is 0 Å². The molecule has 0 spiro atoms. The second-order valence-electron chi connectivity index (χ2n) is 5.84. The molecule has 0 fully saturated rings. The van der Waals surface area contributed by atoms with Gasteiger partial charge in [-0.3, -0.25) is 9.48 Å². The Kier molecular flexibility index (Phi) is 5.42. The number of carbonyl (C=O) groups excluding carboxylic acids is 1. The first-order chi connectivity index (χ1) is 10.9. The number of amides is 1. The van der Waals surface area contributed by atoms with Crippen molar-refractivity contribution in [2.24, 2.45) is 0 Å². The summed E-state index contributed by atoms with van der Waals surface area (Å²) in [7, 11) is 0. The Hall–Kier alpha value is -2.30. The minimum atomic E-state index is -0.0934. The number of rotatable bonds is 6. The average Bonchev–Trinajstić information content (AvgIpc) is 2.79. The molecule has 0 saturated heterocycles. The van der Waals surface area contributed by atoms with Gasteiger partial charge in [0.1, 0.15) is 5.75 Å². The van der Waals surface area contributed by atoms with Gasteiger partial charge in [0.2, 0.25) is 0 Å². The van der Waals surface area contributed by atoms with Crippen LogP contribution in [-0.4, -0.2) is 21.8 Å². The second kappa shape index (κ2) is 7.31. The summed E-state index contributed by atoms with van der Waals surface area (Å²) in [5.74, 6) is 0.677. The topological polar surface area (TPSA) is 56.2 Å². The maximum absolute atomic E-state index is 12.3. The van der Waals surface area contributed by atoms with E-state index < -0.39 is 0 Å². The van der Waals surface area contributed by atoms with Gasteiger partial charge in [0.25, 0.3) is 5.91 Å². The fraction of sp³-hybridized carbons (Fsp3) is 0.444. The van der Waals surface area contributed by atoms with Crippen LogP contribution in [0.25, 0.3) is 0 Å². The van der Waals surface area contributed by atoms with Crippen molar-refractivity contribution in [3.8, 4) is 5.75 Å². The summed E-state index contributed by atoms with van der Waals surface area (Å²) in [5.41, 5.74) is 3.77. The highest BCUT2D eigenvalue weighted by atomic mass is 16.5. The molecule has 1 aromatic carbocycles. The van der Waals surface area contributed by atoms with Gasteiger partial charge in [-0.05, 0) is 58.9 Å². The van der Waals surface area contributed by atoms with Gasteiger partial charge in [0.15, 0.2) is 0 Å². The van der Waals surface area contributed by atoms with E-state index in [4.69, 9.17) is 4.74 Å². The first-order valence-corrected chi connectivity index (χ1v) is 8.00. The van der Waals surface area contributed by atoms with E-state index in [9.17, 15) is 4.79 Å².